The third kappa shape index (κ3) is 6.14. The van der Waals surface area contributed by atoms with Gasteiger partial charge < -0.3 is 14.2 Å². The number of hydrogen-bond acceptors (Lipinski definition) is 10. The van der Waals surface area contributed by atoms with Gasteiger partial charge in [-0.1, -0.05) is 36.4 Å². The summed E-state index contributed by atoms with van der Waals surface area (Å²) in [6.07, 6.45) is -2.25. The zero-order valence-corrected chi connectivity index (χ0v) is 17.5. The van der Waals surface area contributed by atoms with E-state index in [2.05, 4.69) is 21.1 Å². The van der Waals surface area contributed by atoms with Gasteiger partial charge in [-0.25, -0.2) is 4.79 Å². The molecule has 0 aromatic heterocycles. The summed E-state index contributed by atoms with van der Waals surface area (Å²) < 4.78 is 15.6. The van der Waals surface area contributed by atoms with Crippen LogP contribution in [-0.2, 0) is 28.6 Å². The van der Waals surface area contributed by atoms with E-state index in [1.165, 1.54) is 13.8 Å². The molecule has 2 N–H and O–H groups in total. The van der Waals surface area contributed by atoms with Gasteiger partial charge in [0.2, 0.25) is 0 Å². The number of carbonyl (C=O) groups excluding carboxylic acids is 3. The quantitative estimate of drug-likeness (QED) is 0.365. The van der Waals surface area contributed by atoms with E-state index in [9.17, 15) is 14.4 Å². The molecule has 1 aliphatic heterocycles. The van der Waals surface area contributed by atoms with Crippen molar-refractivity contribution < 1.29 is 28.6 Å². The van der Waals surface area contributed by atoms with E-state index >= 15 is 0 Å². The molecule has 0 bridgehead atoms. The standard InChI is InChI=1S/C22H22N4O6/c1-14(27)30-13-18(31-15(2)28)21-19(25-23-16-9-5-3-6-10-16)20(22(29)32-21)26-24-17-11-7-4-8-12-17/h3-12,18,21,23-24H,13H2,1-2H3/b25-19+,26-20-. The number of carbonyl (C=O) groups is 3. The van der Waals surface area contributed by atoms with Gasteiger partial charge in [-0.05, 0) is 24.3 Å². The largest absolute Gasteiger partial charge is 0.462 e. The number of benzene rings is 2. The summed E-state index contributed by atoms with van der Waals surface area (Å²) in [5.74, 6) is -1.99. The fourth-order valence-corrected chi connectivity index (χ4v) is 2.80. The van der Waals surface area contributed by atoms with E-state index in [0.717, 1.165) is 0 Å². The minimum absolute atomic E-state index is 0.0840. The number of ether oxygens (including phenoxy) is 3. The van der Waals surface area contributed by atoms with Crippen molar-refractivity contribution in [3.63, 3.8) is 0 Å². The van der Waals surface area contributed by atoms with E-state index < -0.39 is 30.1 Å². The van der Waals surface area contributed by atoms with Crippen molar-refractivity contribution in [1.29, 1.82) is 0 Å². The molecule has 2 unspecified atom stereocenters. The molecule has 166 valence electrons. The minimum atomic E-state index is -1.14. The Bertz CT molecular complexity index is 1020. The van der Waals surface area contributed by atoms with E-state index in [0.29, 0.717) is 11.4 Å². The first-order valence-electron chi connectivity index (χ1n) is 9.73. The summed E-state index contributed by atoms with van der Waals surface area (Å²) in [5, 5.41) is 8.44. The topological polar surface area (TPSA) is 128 Å². The van der Waals surface area contributed by atoms with Crippen LogP contribution in [0.3, 0.4) is 0 Å². The Balaban J connectivity index is 1.93. The highest BCUT2D eigenvalue weighted by atomic mass is 16.6. The molecule has 0 spiro atoms. The Morgan fingerprint density at radius 1 is 0.938 bits per heavy atom. The van der Waals surface area contributed by atoms with Gasteiger partial charge in [0.05, 0.1) is 11.4 Å². The molecule has 0 amide bonds. The molecule has 1 saturated heterocycles. The molecule has 10 nitrogen and oxygen atoms in total. The number of cyclic esters (lactones) is 1. The molecular formula is C22H22N4O6. The highest BCUT2D eigenvalue weighted by molar-refractivity contribution is 6.69. The fourth-order valence-electron chi connectivity index (χ4n) is 2.80. The average Bonchev–Trinajstić information content (AvgIpc) is 3.10. The highest BCUT2D eigenvalue weighted by Gasteiger charge is 2.45. The summed E-state index contributed by atoms with van der Waals surface area (Å²) >= 11 is 0. The summed E-state index contributed by atoms with van der Waals surface area (Å²) in [7, 11) is 0. The fraction of sp³-hybridized carbons (Fsp3) is 0.227. The first kappa shape index (κ1) is 22.5. The maximum Gasteiger partial charge on any atom is 0.361 e. The number of anilines is 2. The molecule has 0 radical (unpaired) electrons. The molecule has 3 rings (SSSR count). The first-order valence-corrected chi connectivity index (χ1v) is 9.73. The smallest absolute Gasteiger partial charge is 0.361 e. The monoisotopic (exact) mass is 438 g/mol. The van der Waals surface area contributed by atoms with Gasteiger partial charge in [-0.2, -0.15) is 10.2 Å². The highest BCUT2D eigenvalue weighted by Crippen LogP contribution is 2.19. The Labute approximate surface area is 184 Å². The zero-order valence-electron chi connectivity index (χ0n) is 17.5. The van der Waals surface area contributed by atoms with Crippen LogP contribution in [-0.4, -0.2) is 48.1 Å². The third-order valence-electron chi connectivity index (χ3n) is 4.20. The minimum Gasteiger partial charge on any atom is -0.462 e. The number of para-hydroxylation sites is 2. The summed E-state index contributed by atoms with van der Waals surface area (Å²) in [4.78, 5) is 35.5. The Morgan fingerprint density at radius 3 is 2.03 bits per heavy atom. The summed E-state index contributed by atoms with van der Waals surface area (Å²) in [6.45, 7) is 2.09. The van der Waals surface area contributed by atoms with Crippen molar-refractivity contribution in [3.05, 3.63) is 60.7 Å². The van der Waals surface area contributed by atoms with E-state index in [1.54, 1.807) is 36.4 Å². The van der Waals surface area contributed by atoms with Crippen molar-refractivity contribution in [2.24, 2.45) is 10.2 Å². The lowest BCUT2D eigenvalue weighted by molar-refractivity contribution is -0.164. The molecule has 32 heavy (non-hydrogen) atoms. The van der Waals surface area contributed by atoms with Crippen LogP contribution in [0.25, 0.3) is 0 Å². The van der Waals surface area contributed by atoms with Gasteiger partial charge in [0.1, 0.15) is 12.3 Å². The molecule has 0 aliphatic carbocycles. The second-order valence-electron chi connectivity index (χ2n) is 6.69. The van der Waals surface area contributed by atoms with Crippen LogP contribution < -0.4 is 10.9 Å². The van der Waals surface area contributed by atoms with Crippen LogP contribution >= 0.6 is 0 Å². The molecule has 0 saturated carbocycles. The van der Waals surface area contributed by atoms with Crippen LogP contribution in [0.4, 0.5) is 11.4 Å². The maximum atomic E-state index is 12.6. The van der Waals surface area contributed by atoms with Crippen LogP contribution in [0.15, 0.2) is 70.9 Å². The van der Waals surface area contributed by atoms with E-state index in [-0.39, 0.29) is 18.0 Å². The first-order chi connectivity index (χ1) is 15.4. The molecule has 10 heteroatoms. The number of esters is 3. The molecule has 2 atom stereocenters. The normalized spacial score (nSPS) is 18.7. The number of hydrazone groups is 2. The SMILES string of the molecule is CC(=O)OCC(OC(C)=O)C1OC(=O)C(=N\Nc2ccccc2)/C1=N\Nc1ccccc1. The predicted molar refractivity (Wildman–Crippen MR) is 117 cm³/mol. The second kappa shape index (κ2) is 10.7. The lowest BCUT2D eigenvalue weighted by Crippen LogP contribution is -2.40. The van der Waals surface area contributed by atoms with Gasteiger partial charge in [-0.15, -0.1) is 0 Å². The van der Waals surface area contributed by atoms with E-state index in [1.807, 2.05) is 24.3 Å². The average molecular weight is 438 g/mol. The van der Waals surface area contributed by atoms with Crippen molar-refractivity contribution >= 4 is 40.7 Å². The molecule has 1 aliphatic rings. The molecule has 2 aromatic rings. The van der Waals surface area contributed by atoms with E-state index in [4.69, 9.17) is 14.2 Å². The Hall–Kier alpha value is -4.21. The van der Waals surface area contributed by atoms with Crippen molar-refractivity contribution in [3.8, 4) is 0 Å². The lowest BCUT2D eigenvalue weighted by Gasteiger charge is -2.21. The Kier molecular flexibility index (Phi) is 7.52. The summed E-state index contributed by atoms with van der Waals surface area (Å²) in [6, 6.07) is 18.0. The molecule has 2 aromatic carbocycles. The number of hydrogen-bond donors (Lipinski definition) is 2. The van der Waals surface area contributed by atoms with Gasteiger partial charge in [0.15, 0.2) is 17.9 Å². The van der Waals surface area contributed by atoms with Gasteiger partial charge >= 0.3 is 17.9 Å². The predicted octanol–water partition coefficient (Wildman–Crippen LogP) is 2.34. The molecular weight excluding hydrogens is 416 g/mol. The van der Waals surface area contributed by atoms with Crippen molar-refractivity contribution in [2.45, 2.75) is 26.1 Å². The molecule has 1 fully saturated rings. The van der Waals surface area contributed by atoms with Crippen LogP contribution in [0.5, 0.6) is 0 Å². The van der Waals surface area contributed by atoms with Crippen LogP contribution in [0, 0.1) is 0 Å². The summed E-state index contributed by atoms with van der Waals surface area (Å²) in [5.41, 5.74) is 6.89. The number of nitrogens with zero attached hydrogens (tertiary/aromatic N) is 2. The second-order valence-corrected chi connectivity index (χ2v) is 6.69. The maximum absolute atomic E-state index is 12.6. The lowest BCUT2D eigenvalue weighted by atomic mass is 10.1. The van der Waals surface area contributed by atoms with Crippen LogP contribution in [0.2, 0.25) is 0 Å². The van der Waals surface area contributed by atoms with Gasteiger partial charge in [0, 0.05) is 13.8 Å². The third-order valence-corrected chi connectivity index (χ3v) is 4.20. The van der Waals surface area contributed by atoms with Gasteiger partial charge in [-0.3, -0.25) is 20.4 Å². The zero-order chi connectivity index (χ0) is 22.9. The van der Waals surface area contributed by atoms with Gasteiger partial charge in [0.25, 0.3) is 0 Å². The van der Waals surface area contributed by atoms with Crippen molar-refractivity contribution in [2.75, 3.05) is 17.5 Å². The number of rotatable bonds is 8. The molecule has 1 heterocycles. The Morgan fingerprint density at radius 2 is 1.50 bits per heavy atom. The van der Waals surface area contributed by atoms with Crippen LogP contribution in [0.1, 0.15) is 13.8 Å². The number of nitrogens with one attached hydrogen (secondary N) is 2. The van der Waals surface area contributed by atoms with Crippen molar-refractivity contribution in [1.82, 2.24) is 0 Å².